The zero-order valence-electron chi connectivity index (χ0n) is 13.8. The smallest absolute Gasteiger partial charge is 0.251 e. The molecule has 0 aromatic heterocycles. The molecule has 0 saturated heterocycles. The summed E-state index contributed by atoms with van der Waals surface area (Å²) >= 11 is 0. The molecule has 0 bridgehead atoms. The van der Waals surface area contributed by atoms with E-state index in [-0.39, 0.29) is 36.2 Å². The van der Waals surface area contributed by atoms with Crippen LogP contribution in [-0.4, -0.2) is 23.9 Å². The molecule has 1 aromatic carbocycles. The minimum absolute atomic E-state index is 0. The van der Waals surface area contributed by atoms with Gasteiger partial charge in [-0.1, -0.05) is 12.8 Å². The summed E-state index contributed by atoms with van der Waals surface area (Å²) < 4.78 is 0. The number of carbonyl (C=O) groups is 2. The summed E-state index contributed by atoms with van der Waals surface area (Å²) in [4.78, 5) is 24.1. The lowest BCUT2D eigenvalue weighted by Crippen LogP contribution is -2.35. The van der Waals surface area contributed by atoms with Gasteiger partial charge in [0.2, 0.25) is 5.91 Å². The molecule has 2 unspecified atom stereocenters. The predicted molar refractivity (Wildman–Crippen MR) is 97.4 cm³/mol. The molecule has 6 heteroatoms. The van der Waals surface area contributed by atoms with Crippen LogP contribution in [0.2, 0.25) is 0 Å². The van der Waals surface area contributed by atoms with E-state index in [1.807, 2.05) is 0 Å². The number of anilines is 1. The van der Waals surface area contributed by atoms with Crippen LogP contribution in [-0.2, 0) is 4.79 Å². The van der Waals surface area contributed by atoms with Crippen LogP contribution in [0.1, 0.15) is 55.3 Å². The molecule has 2 fully saturated rings. The van der Waals surface area contributed by atoms with Crippen molar-refractivity contribution in [1.82, 2.24) is 5.32 Å². The molecule has 5 nitrogen and oxygen atoms in total. The number of nitrogens with two attached hydrogens (primary N) is 1. The lowest BCUT2D eigenvalue weighted by molar-refractivity contribution is -0.117. The number of benzene rings is 1. The molecule has 0 spiro atoms. The van der Waals surface area contributed by atoms with Crippen molar-refractivity contribution in [3.8, 4) is 0 Å². The summed E-state index contributed by atoms with van der Waals surface area (Å²) in [5.74, 6) is 0.244. The summed E-state index contributed by atoms with van der Waals surface area (Å²) in [6, 6.07) is 7.55. The van der Waals surface area contributed by atoms with Gasteiger partial charge in [0.25, 0.3) is 5.91 Å². The molecule has 2 saturated carbocycles. The molecule has 3 rings (SSSR count). The van der Waals surface area contributed by atoms with Gasteiger partial charge in [-0.2, -0.15) is 0 Å². The highest BCUT2D eigenvalue weighted by Gasteiger charge is 2.25. The Morgan fingerprint density at radius 2 is 1.71 bits per heavy atom. The summed E-state index contributed by atoms with van der Waals surface area (Å²) in [5, 5.41) is 5.85. The highest BCUT2D eigenvalue weighted by molar-refractivity contribution is 5.96. The van der Waals surface area contributed by atoms with Crippen molar-refractivity contribution in [1.29, 1.82) is 0 Å². The zero-order valence-corrected chi connectivity index (χ0v) is 14.6. The van der Waals surface area contributed by atoms with E-state index in [1.165, 1.54) is 6.42 Å². The second-order valence-electron chi connectivity index (χ2n) is 6.79. The van der Waals surface area contributed by atoms with E-state index in [1.54, 1.807) is 24.3 Å². The van der Waals surface area contributed by atoms with Gasteiger partial charge in [-0.05, 0) is 55.9 Å². The molecule has 2 amide bonds. The molecular weight excluding hydrogens is 326 g/mol. The fraction of sp³-hybridized carbons (Fsp3) is 0.556. The van der Waals surface area contributed by atoms with Crippen molar-refractivity contribution in [2.75, 3.05) is 5.32 Å². The highest BCUT2D eigenvalue weighted by atomic mass is 35.5. The second kappa shape index (κ2) is 8.49. The van der Waals surface area contributed by atoms with E-state index in [4.69, 9.17) is 5.73 Å². The zero-order chi connectivity index (χ0) is 16.2. The van der Waals surface area contributed by atoms with Crippen molar-refractivity contribution in [3.05, 3.63) is 29.8 Å². The Hall–Kier alpha value is -1.59. The molecule has 4 N–H and O–H groups in total. The van der Waals surface area contributed by atoms with Gasteiger partial charge in [0.05, 0.1) is 0 Å². The first kappa shape index (κ1) is 18.7. The highest BCUT2D eigenvalue weighted by Crippen LogP contribution is 2.26. The lowest BCUT2D eigenvalue weighted by atomic mass is 9.83. The molecule has 2 aliphatic carbocycles. The minimum atomic E-state index is -0.0430. The molecule has 132 valence electrons. The molecule has 24 heavy (non-hydrogen) atoms. The van der Waals surface area contributed by atoms with Crippen molar-refractivity contribution < 1.29 is 9.59 Å². The van der Waals surface area contributed by atoms with Gasteiger partial charge >= 0.3 is 0 Å². The molecule has 0 heterocycles. The summed E-state index contributed by atoms with van der Waals surface area (Å²) in [7, 11) is 0. The third-order valence-electron chi connectivity index (χ3n) is 4.76. The Kier molecular flexibility index (Phi) is 6.63. The SMILES string of the molecule is Cl.NC1CCCCC1CC(=O)Nc1ccc(C(=O)NC2CC2)cc1. The maximum atomic E-state index is 12.2. The van der Waals surface area contributed by atoms with Gasteiger partial charge in [0.1, 0.15) is 0 Å². The van der Waals surface area contributed by atoms with Gasteiger partial charge in [-0.25, -0.2) is 0 Å². The third-order valence-corrected chi connectivity index (χ3v) is 4.76. The molecular formula is C18H26ClN3O2. The van der Waals surface area contributed by atoms with Crippen LogP contribution in [0, 0.1) is 5.92 Å². The van der Waals surface area contributed by atoms with Crippen LogP contribution in [0.25, 0.3) is 0 Å². The van der Waals surface area contributed by atoms with Crippen LogP contribution < -0.4 is 16.4 Å². The maximum absolute atomic E-state index is 12.2. The van der Waals surface area contributed by atoms with Crippen molar-refractivity contribution in [2.24, 2.45) is 11.7 Å². The van der Waals surface area contributed by atoms with Crippen molar-refractivity contribution >= 4 is 29.9 Å². The number of amides is 2. The van der Waals surface area contributed by atoms with Gasteiger partial charge in [-0.15, -0.1) is 12.4 Å². The van der Waals surface area contributed by atoms with E-state index in [9.17, 15) is 9.59 Å². The first-order valence-corrected chi connectivity index (χ1v) is 8.58. The standard InChI is InChI=1S/C18H25N3O2.ClH/c19-16-4-2-1-3-13(16)11-17(22)20-14-7-5-12(6-8-14)18(23)21-15-9-10-15;/h5-8,13,15-16H,1-4,9-11,19H2,(H,20,22)(H,21,23);1H. The maximum Gasteiger partial charge on any atom is 0.251 e. The van der Waals surface area contributed by atoms with Gasteiger partial charge < -0.3 is 16.4 Å². The fourth-order valence-corrected chi connectivity index (χ4v) is 3.14. The Labute approximate surface area is 149 Å². The summed E-state index contributed by atoms with van der Waals surface area (Å²) in [6.45, 7) is 0. The lowest BCUT2D eigenvalue weighted by Gasteiger charge is -2.27. The van der Waals surface area contributed by atoms with E-state index >= 15 is 0 Å². The van der Waals surface area contributed by atoms with E-state index in [2.05, 4.69) is 10.6 Å². The monoisotopic (exact) mass is 351 g/mol. The van der Waals surface area contributed by atoms with Crippen LogP contribution in [0.3, 0.4) is 0 Å². The molecule has 2 atom stereocenters. The van der Waals surface area contributed by atoms with Crippen LogP contribution in [0.5, 0.6) is 0 Å². The average Bonchev–Trinajstić information content (AvgIpc) is 3.34. The first-order valence-electron chi connectivity index (χ1n) is 8.58. The van der Waals surface area contributed by atoms with E-state index < -0.39 is 0 Å². The van der Waals surface area contributed by atoms with Crippen LogP contribution >= 0.6 is 12.4 Å². The predicted octanol–water partition coefficient (Wildman–Crippen LogP) is 2.85. The number of hydrogen-bond acceptors (Lipinski definition) is 3. The number of halogens is 1. The Morgan fingerprint density at radius 1 is 1.04 bits per heavy atom. The molecule has 0 aliphatic heterocycles. The third kappa shape index (κ3) is 5.21. The summed E-state index contributed by atoms with van der Waals surface area (Å²) in [5.41, 5.74) is 7.45. The van der Waals surface area contributed by atoms with Crippen LogP contribution in [0.15, 0.2) is 24.3 Å². The molecule has 0 radical (unpaired) electrons. The summed E-state index contributed by atoms with van der Waals surface area (Å²) in [6.07, 6.45) is 7.01. The topological polar surface area (TPSA) is 84.2 Å². The number of hydrogen-bond donors (Lipinski definition) is 3. The van der Waals surface area contributed by atoms with Crippen molar-refractivity contribution in [3.63, 3.8) is 0 Å². The first-order chi connectivity index (χ1) is 11.1. The average molecular weight is 352 g/mol. The number of carbonyl (C=O) groups excluding carboxylic acids is 2. The number of nitrogens with one attached hydrogen (secondary N) is 2. The Balaban J connectivity index is 0.00000208. The molecule has 1 aromatic rings. The number of rotatable bonds is 5. The van der Waals surface area contributed by atoms with Crippen LogP contribution in [0.4, 0.5) is 5.69 Å². The molecule has 2 aliphatic rings. The normalized spacial score (nSPS) is 23.0. The fourth-order valence-electron chi connectivity index (χ4n) is 3.14. The largest absolute Gasteiger partial charge is 0.349 e. The van der Waals surface area contributed by atoms with E-state index in [0.717, 1.165) is 37.8 Å². The Bertz CT molecular complexity index is 572. The Morgan fingerprint density at radius 3 is 2.33 bits per heavy atom. The van der Waals surface area contributed by atoms with Gasteiger partial charge in [0, 0.05) is 29.8 Å². The van der Waals surface area contributed by atoms with Gasteiger partial charge in [0.15, 0.2) is 0 Å². The second-order valence-corrected chi connectivity index (χ2v) is 6.79. The van der Waals surface area contributed by atoms with Gasteiger partial charge in [-0.3, -0.25) is 9.59 Å². The van der Waals surface area contributed by atoms with E-state index in [0.29, 0.717) is 18.0 Å². The van der Waals surface area contributed by atoms with Crippen molar-refractivity contribution in [2.45, 2.75) is 57.0 Å². The quantitative estimate of drug-likeness (QED) is 0.762. The minimum Gasteiger partial charge on any atom is -0.349 e.